The lowest BCUT2D eigenvalue weighted by Gasteiger charge is -2.21. The minimum Gasteiger partial charge on any atom is -0.497 e. The van der Waals surface area contributed by atoms with Crippen LogP contribution in [0.4, 0.5) is 5.95 Å². The molecule has 2 rings (SSSR count). The number of nitrogens with zero attached hydrogens (tertiary/aromatic N) is 3. The molecule has 9 heteroatoms. The average molecular weight is 418 g/mol. The van der Waals surface area contributed by atoms with Gasteiger partial charge in [-0.15, -0.1) is 5.10 Å². The highest BCUT2D eigenvalue weighted by Crippen LogP contribution is 2.31. The van der Waals surface area contributed by atoms with E-state index < -0.39 is 0 Å². The molecule has 2 N–H and O–H groups in total. The summed E-state index contributed by atoms with van der Waals surface area (Å²) in [5.74, 6) is 1.75. The number of anilines is 1. The molecule has 0 radical (unpaired) electrons. The van der Waals surface area contributed by atoms with Gasteiger partial charge in [0.05, 0.1) is 19.8 Å². The molecule has 0 spiro atoms. The molecule has 0 fully saturated rings. The van der Waals surface area contributed by atoms with Crippen molar-refractivity contribution in [2.75, 3.05) is 32.6 Å². The van der Waals surface area contributed by atoms with Crippen LogP contribution in [-0.4, -0.2) is 59.2 Å². The summed E-state index contributed by atoms with van der Waals surface area (Å²) in [5, 5.41) is 9.50. The zero-order chi connectivity index (χ0) is 21.9. The van der Waals surface area contributed by atoms with Gasteiger partial charge in [0.2, 0.25) is 17.8 Å². The van der Waals surface area contributed by atoms with Gasteiger partial charge in [0.15, 0.2) is 5.82 Å². The van der Waals surface area contributed by atoms with Crippen molar-refractivity contribution in [1.29, 1.82) is 0 Å². The van der Waals surface area contributed by atoms with E-state index in [0.717, 1.165) is 25.9 Å². The first-order chi connectivity index (χ1) is 14.5. The normalized spacial score (nSPS) is 10.5. The summed E-state index contributed by atoms with van der Waals surface area (Å²) in [6, 6.07) is 5.33. The molecule has 1 aromatic carbocycles. The molecular formula is C21H31N5O4. The molecule has 164 valence electrons. The SMILES string of the molecule is CCCN(CCC)C(=O)CCCC(=O)Nc1n[nH]c(-c2ccc(OC)cc2OC)n1. The van der Waals surface area contributed by atoms with Crippen molar-refractivity contribution in [1.82, 2.24) is 20.1 Å². The van der Waals surface area contributed by atoms with Gasteiger partial charge in [0.1, 0.15) is 11.5 Å². The lowest BCUT2D eigenvalue weighted by Crippen LogP contribution is -2.32. The molecule has 2 amide bonds. The van der Waals surface area contributed by atoms with Gasteiger partial charge in [-0.25, -0.2) is 0 Å². The molecule has 1 aromatic heterocycles. The Morgan fingerprint density at radius 1 is 1.10 bits per heavy atom. The standard InChI is InChI=1S/C21H31N5O4/c1-5-12-26(13-6-2)19(28)9-7-8-18(27)22-21-23-20(24-25-21)16-11-10-15(29-3)14-17(16)30-4/h10-11,14H,5-9,12-13H2,1-4H3,(H2,22,23,24,25,27). The number of carbonyl (C=O) groups excluding carboxylic acids is 2. The van der Waals surface area contributed by atoms with Crippen molar-refractivity contribution in [2.45, 2.75) is 46.0 Å². The molecule has 0 unspecified atom stereocenters. The number of H-pyrrole nitrogens is 1. The maximum absolute atomic E-state index is 12.3. The molecule has 30 heavy (non-hydrogen) atoms. The zero-order valence-corrected chi connectivity index (χ0v) is 18.2. The third-order valence-electron chi connectivity index (χ3n) is 4.53. The fraction of sp³-hybridized carbons (Fsp3) is 0.524. The Hall–Kier alpha value is -3.10. The first-order valence-electron chi connectivity index (χ1n) is 10.2. The summed E-state index contributed by atoms with van der Waals surface area (Å²) in [6.07, 6.45) is 2.93. The van der Waals surface area contributed by atoms with Gasteiger partial charge >= 0.3 is 0 Å². The van der Waals surface area contributed by atoms with Gasteiger partial charge in [0.25, 0.3) is 0 Å². The summed E-state index contributed by atoms with van der Waals surface area (Å²) < 4.78 is 10.6. The number of nitrogens with one attached hydrogen (secondary N) is 2. The Balaban J connectivity index is 1.89. The van der Waals surface area contributed by atoms with Crippen LogP contribution in [0.3, 0.4) is 0 Å². The van der Waals surface area contributed by atoms with E-state index in [9.17, 15) is 9.59 Å². The molecule has 0 saturated carbocycles. The van der Waals surface area contributed by atoms with Crippen molar-refractivity contribution < 1.29 is 19.1 Å². The Bertz CT molecular complexity index is 831. The smallest absolute Gasteiger partial charge is 0.249 e. The van der Waals surface area contributed by atoms with Crippen molar-refractivity contribution in [3.05, 3.63) is 18.2 Å². The van der Waals surface area contributed by atoms with E-state index in [4.69, 9.17) is 9.47 Å². The second-order valence-electron chi connectivity index (χ2n) is 6.86. The van der Waals surface area contributed by atoms with Crippen molar-refractivity contribution in [3.63, 3.8) is 0 Å². The Kier molecular flexibility index (Phi) is 9.11. The van der Waals surface area contributed by atoms with Crippen LogP contribution < -0.4 is 14.8 Å². The zero-order valence-electron chi connectivity index (χ0n) is 18.2. The second kappa shape index (κ2) is 11.8. The largest absolute Gasteiger partial charge is 0.497 e. The Morgan fingerprint density at radius 3 is 2.47 bits per heavy atom. The molecule has 0 aliphatic rings. The number of methoxy groups -OCH3 is 2. The van der Waals surface area contributed by atoms with E-state index in [1.807, 2.05) is 4.90 Å². The highest BCUT2D eigenvalue weighted by molar-refractivity contribution is 5.89. The first kappa shape index (κ1) is 23.2. The summed E-state index contributed by atoms with van der Waals surface area (Å²) in [7, 11) is 3.13. The summed E-state index contributed by atoms with van der Waals surface area (Å²) in [6.45, 7) is 5.62. The predicted molar refractivity (Wildman–Crippen MR) is 115 cm³/mol. The number of carbonyl (C=O) groups is 2. The van der Waals surface area contributed by atoms with Crippen LogP contribution in [0.5, 0.6) is 11.5 Å². The van der Waals surface area contributed by atoms with Crippen LogP contribution in [0.1, 0.15) is 46.0 Å². The van der Waals surface area contributed by atoms with E-state index in [0.29, 0.717) is 35.7 Å². The van der Waals surface area contributed by atoms with Gasteiger partial charge in [-0.3, -0.25) is 20.0 Å². The maximum atomic E-state index is 12.3. The van der Waals surface area contributed by atoms with Gasteiger partial charge < -0.3 is 14.4 Å². The number of aromatic nitrogens is 3. The summed E-state index contributed by atoms with van der Waals surface area (Å²) >= 11 is 0. The second-order valence-corrected chi connectivity index (χ2v) is 6.86. The number of rotatable bonds is 12. The van der Waals surface area contributed by atoms with Crippen LogP contribution in [0.2, 0.25) is 0 Å². The fourth-order valence-corrected chi connectivity index (χ4v) is 3.08. The molecule has 0 aliphatic carbocycles. The van der Waals surface area contributed by atoms with Crippen LogP contribution in [0, 0.1) is 0 Å². The highest BCUT2D eigenvalue weighted by Gasteiger charge is 2.15. The van der Waals surface area contributed by atoms with Crippen LogP contribution in [-0.2, 0) is 9.59 Å². The van der Waals surface area contributed by atoms with E-state index in [1.165, 1.54) is 0 Å². The maximum Gasteiger partial charge on any atom is 0.249 e. The molecular weight excluding hydrogens is 386 g/mol. The summed E-state index contributed by atoms with van der Waals surface area (Å²) in [4.78, 5) is 30.6. The highest BCUT2D eigenvalue weighted by atomic mass is 16.5. The minimum absolute atomic E-state index is 0.0956. The molecule has 0 bridgehead atoms. The number of aromatic amines is 1. The molecule has 9 nitrogen and oxygen atoms in total. The fourth-order valence-electron chi connectivity index (χ4n) is 3.08. The topological polar surface area (TPSA) is 109 Å². The number of amides is 2. The molecule has 0 atom stereocenters. The lowest BCUT2D eigenvalue weighted by molar-refractivity contribution is -0.131. The molecule has 0 saturated heterocycles. The van der Waals surface area contributed by atoms with Crippen molar-refractivity contribution >= 4 is 17.8 Å². The number of hydrogen-bond acceptors (Lipinski definition) is 6. The minimum atomic E-state index is -0.229. The van der Waals surface area contributed by atoms with Crippen LogP contribution >= 0.6 is 0 Å². The number of benzene rings is 1. The lowest BCUT2D eigenvalue weighted by atomic mass is 10.2. The Labute approximate surface area is 177 Å². The number of ether oxygens (including phenoxy) is 2. The molecule has 1 heterocycles. The van der Waals surface area contributed by atoms with Gasteiger partial charge in [-0.1, -0.05) is 13.8 Å². The van der Waals surface area contributed by atoms with E-state index in [2.05, 4.69) is 34.3 Å². The average Bonchev–Trinajstić information content (AvgIpc) is 3.21. The third kappa shape index (κ3) is 6.47. The summed E-state index contributed by atoms with van der Waals surface area (Å²) in [5.41, 5.74) is 0.698. The predicted octanol–water partition coefficient (Wildman–Crippen LogP) is 3.25. The van der Waals surface area contributed by atoms with Crippen LogP contribution in [0.15, 0.2) is 18.2 Å². The van der Waals surface area contributed by atoms with Gasteiger partial charge in [0, 0.05) is 32.0 Å². The third-order valence-corrected chi connectivity index (χ3v) is 4.53. The van der Waals surface area contributed by atoms with E-state index >= 15 is 0 Å². The Morgan fingerprint density at radius 2 is 1.83 bits per heavy atom. The van der Waals surface area contributed by atoms with Gasteiger partial charge in [-0.05, 0) is 31.4 Å². The van der Waals surface area contributed by atoms with Crippen molar-refractivity contribution in [3.8, 4) is 22.9 Å². The quantitative estimate of drug-likeness (QED) is 0.549. The van der Waals surface area contributed by atoms with Gasteiger partial charge in [-0.2, -0.15) is 4.98 Å². The van der Waals surface area contributed by atoms with Crippen LogP contribution in [0.25, 0.3) is 11.4 Å². The number of hydrogen-bond donors (Lipinski definition) is 2. The molecule has 2 aromatic rings. The van der Waals surface area contributed by atoms with Crippen molar-refractivity contribution in [2.24, 2.45) is 0 Å². The first-order valence-corrected chi connectivity index (χ1v) is 10.2. The van der Waals surface area contributed by atoms with E-state index in [1.54, 1.807) is 32.4 Å². The van der Waals surface area contributed by atoms with E-state index in [-0.39, 0.29) is 24.2 Å². The monoisotopic (exact) mass is 417 g/mol. The molecule has 0 aliphatic heterocycles.